The Morgan fingerprint density at radius 1 is 0.529 bits per heavy atom. The van der Waals surface area contributed by atoms with Gasteiger partial charge in [-0.3, -0.25) is 0 Å². The third-order valence-electron chi connectivity index (χ3n) is 0.816. The van der Waals surface area contributed by atoms with Gasteiger partial charge in [0, 0.05) is 11.4 Å². The number of hydrogen-bond donors (Lipinski definition) is 0. The second-order valence-electron chi connectivity index (χ2n) is 1.80. The minimum atomic E-state index is 0. The molecular weight excluding hydrogens is 204 g/mol. The first-order valence-electron chi connectivity index (χ1n) is 2.27. The van der Waals surface area contributed by atoms with E-state index in [0.717, 1.165) is 5.92 Å². The molecule has 0 amide bonds. The maximum absolute atomic E-state index is 2.22. The predicted molar refractivity (Wildman–Crippen MR) is 123 cm³/mol. The van der Waals surface area contributed by atoms with Crippen LogP contribution in [0.25, 0.3) is 0 Å². The lowest BCUT2D eigenvalue weighted by Crippen LogP contribution is -1.77. The molecule has 0 heteroatoms. The van der Waals surface area contributed by atoms with Gasteiger partial charge in [0.2, 0.25) is 0 Å². The SMILES string of the molecule is C.C.C.C.C.C.C.C.C.C.C.C.CCC(C)C.[HH].[HH].[HH].[HH].[HH].[HH].[HH].[HH]. The first-order chi connectivity index (χ1) is 2.27. The molecule has 0 aromatic carbocycles. The molecule has 0 atom stereocenters. The van der Waals surface area contributed by atoms with Crippen LogP contribution in [0.4, 0.5) is 0 Å². The molecule has 0 aliphatic carbocycles. The molecule has 17 heavy (non-hydrogen) atoms. The maximum Gasteiger partial charge on any atom is 0 e. The van der Waals surface area contributed by atoms with E-state index in [9.17, 15) is 0 Å². The molecule has 0 aromatic heterocycles. The van der Waals surface area contributed by atoms with Crippen LogP contribution in [0.1, 0.15) is 128 Å². The highest BCUT2D eigenvalue weighted by molar-refractivity contribution is 4.32. The van der Waals surface area contributed by atoms with Gasteiger partial charge in [-0.1, -0.05) is 116 Å². The van der Waals surface area contributed by atoms with Crippen LogP contribution in [0.15, 0.2) is 0 Å². The quantitative estimate of drug-likeness (QED) is 0.448. The lowest BCUT2D eigenvalue weighted by atomic mass is 10.2. The molecule has 0 aliphatic heterocycles. The van der Waals surface area contributed by atoms with E-state index in [2.05, 4.69) is 20.8 Å². The van der Waals surface area contributed by atoms with Crippen LogP contribution in [0.5, 0.6) is 0 Å². The Morgan fingerprint density at radius 2 is 0.588 bits per heavy atom. The molecule has 144 valence electrons. The normalized spacial score (nSPS) is 2.82. The summed E-state index contributed by atoms with van der Waals surface area (Å²) in [6.45, 7) is 6.64. The van der Waals surface area contributed by atoms with Gasteiger partial charge in [-0.05, 0) is 5.92 Å². The largest absolute Gasteiger partial charge is 0.0776 e. The molecule has 0 nitrogen and oxygen atoms in total. The van der Waals surface area contributed by atoms with Crippen molar-refractivity contribution >= 4 is 0 Å². The lowest BCUT2D eigenvalue weighted by Gasteiger charge is -1.90. The second-order valence-corrected chi connectivity index (χ2v) is 1.80. The fourth-order valence-corrected chi connectivity index (χ4v) is 0. The minimum Gasteiger partial charge on any atom is -0.0776 e. The fraction of sp³-hybridized carbons (Fsp3) is 1.00. The van der Waals surface area contributed by atoms with Gasteiger partial charge in [-0.15, -0.1) is 0 Å². The van der Waals surface area contributed by atoms with Gasteiger partial charge in [-0.2, -0.15) is 0 Å². The molecule has 0 spiro atoms. The van der Waals surface area contributed by atoms with Crippen molar-refractivity contribution in [2.24, 2.45) is 5.92 Å². The summed E-state index contributed by atoms with van der Waals surface area (Å²) in [5.74, 6) is 0.884. The molecule has 0 fully saturated rings. The Hall–Kier alpha value is 0. The molecule has 0 saturated heterocycles. The molecule has 0 radical (unpaired) electrons. The van der Waals surface area contributed by atoms with E-state index in [4.69, 9.17) is 0 Å². The molecular formula is C17H76. The van der Waals surface area contributed by atoms with E-state index in [1.807, 2.05) is 0 Å². The van der Waals surface area contributed by atoms with Crippen LogP contribution in [-0.4, -0.2) is 0 Å². The average molecular weight is 281 g/mol. The highest BCUT2D eigenvalue weighted by atomic mass is 13.9. The summed E-state index contributed by atoms with van der Waals surface area (Å²) in [6.07, 6.45) is 1.31. The van der Waals surface area contributed by atoms with Crippen LogP contribution in [-0.2, 0) is 0 Å². The van der Waals surface area contributed by atoms with E-state index in [1.165, 1.54) is 6.42 Å². The Morgan fingerprint density at radius 3 is 0.588 bits per heavy atom. The standard InChI is InChI=1S/C5H12.12CH4.8H2/c1-4-5(2)3;;;;;;;;;;;;;;;;;;;;/h5H,4H2,1-3H3;12*1H4;8*1H. The van der Waals surface area contributed by atoms with Crippen molar-refractivity contribution in [1.82, 2.24) is 0 Å². The summed E-state index contributed by atoms with van der Waals surface area (Å²) in [5, 5.41) is 0. The third kappa shape index (κ3) is 784. The average Bonchev–Trinajstić information content (AvgIpc) is 1.38. The monoisotopic (exact) mass is 281 g/mol. The second kappa shape index (κ2) is 225. The zero-order valence-corrected chi connectivity index (χ0v) is 4.28. The van der Waals surface area contributed by atoms with Gasteiger partial charge in [-0.25, -0.2) is 0 Å². The summed E-state index contributed by atoms with van der Waals surface area (Å²) >= 11 is 0. The van der Waals surface area contributed by atoms with Gasteiger partial charge in [0.1, 0.15) is 0 Å². The van der Waals surface area contributed by atoms with Crippen LogP contribution in [0, 0.1) is 5.92 Å². The Balaban J connectivity index is -0.000000000421. The molecule has 0 bridgehead atoms. The first kappa shape index (κ1) is 272. The Kier molecular flexibility index (Phi) is 3600. The highest BCUT2D eigenvalue weighted by Gasteiger charge is 1.80. The predicted octanol–water partition coefficient (Wildman–Crippen LogP) is 11.7. The fourth-order valence-electron chi connectivity index (χ4n) is 0. The summed E-state index contributed by atoms with van der Waals surface area (Å²) < 4.78 is 0. The van der Waals surface area contributed by atoms with E-state index in [1.54, 1.807) is 0 Å². The third-order valence-corrected chi connectivity index (χ3v) is 0.816. The summed E-state index contributed by atoms with van der Waals surface area (Å²) in [7, 11) is 0. The van der Waals surface area contributed by atoms with Crippen molar-refractivity contribution in [2.75, 3.05) is 0 Å². The summed E-state index contributed by atoms with van der Waals surface area (Å²) in [5.41, 5.74) is 0. The van der Waals surface area contributed by atoms with E-state index in [-0.39, 0.29) is 101 Å². The molecule has 0 rings (SSSR count). The Bertz CT molecular complexity index is 36.6. The first-order valence-corrected chi connectivity index (χ1v) is 2.27. The van der Waals surface area contributed by atoms with Gasteiger partial charge >= 0.3 is 0 Å². The minimum absolute atomic E-state index is 0. The molecule has 0 heterocycles. The van der Waals surface area contributed by atoms with Crippen molar-refractivity contribution in [2.45, 2.75) is 116 Å². The molecule has 0 N–H and O–H groups in total. The van der Waals surface area contributed by atoms with Gasteiger partial charge in [0.05, 0.1) is 0 Å². The number of hydrogen-bond acceptors (Lipinski definition) is 0. The molecule has 0 saturated carbocycles. The van der Waals surface area contributed by atoms with Crippen molar-refractivity contribution in [1.29, 1.82) is 0 Å². The van der Waals surface area contributed by atoms with E-state index in [0.29, 0.717) is 0 Å². The van der Waals surface area contributed by atoms with Crippen LogP contribution in [0.3, 0.4) is 0 Å². The topological polar surface area (TPSA) is 0 Å². The van der Waals surface area contributed by atoms with Crippen LogP contribution in [0.2, 0.25) is 0 Å². The van der Waals surface area contributed by atoms with Crippen LogP contribution < -0.4 is 0 Å². The highest BCUT2D eigenvalue weighted by Crippen LogP contribution is 1.93. The van der Waals surface area contributed by atoms with Crippen molar-refractivity contribution in [3.05, 3.63) is 0 Å². The van der Waals surface area contributed by atoms with Crippen molar-refractivity contribution in [3.63, 3.8) is 0 Å². The maximum atomic E-state index is 2.22. The van der Waals surface area contributed by atoms with Gasteiger partial charge < -0.3 is 0 Å². The zero-order valence-electron chi connectivity index (χ0n) is 4.28. The summed E-state index contributed by atoms with van der Waals surface area (Å²) in [4.78, 5) is 0. The van der Waals surface area contributed by atoms with Gasteiger partial charge in [0.15, 0.2) is 0 Å². The zero-order chi connectivity index (χ0) is 4.28. The van der Waals surface area contributed by atoms with Crippen molar-refractivity contribution in [3.8, 4) is 0 Å². The smallest absolute Gasteiger partial charge is 0 e. The van der Waals surface area contributed by atoms with Crippen LogP contribution >= 0.6 is 0 Å². The molecule has 0 unspecified atom stereocenters. The van der Waals surface area contributed by atoms with Crippen molar-refractivity contribution < 1.29 is 11.4 Å². The Labute approximate surface area is 135 Å². The lowest BCUT2D eigenvalue weighted by molar-refractivity contribution is 0.626. The summed E-state index contributed by atoms with van der Waals surface area (Å²) in [6, 6.07) is 0. The molecule has 0 aliphatic rings. The van der Waals surface area contributed by atoms with E-state index < -0.39 is 0 Å². The number of rotatable bonds is 1. The van der Waals surface area contributed by atoms with E-state index >= 15 is 0 Å². The molecule has 0 aromatic rings. The van der Waals surface area contributed by atoms with Gasteiger partial charge in [0.25, 0.3) is 0 Å².